The first kappa shape index (κ1) is 13.4. The van der Waals surface area contributed by atoms with Crippen molar-refractivity contribution in [2.24, 2.45) is 0 Å². The van der Waals surface area contributed by atoms with E-state index in [1.165, 1.54) is 0 Å². The maximum Gasteiger partial charge on any atom is 0.338 e. The number of carbonyl (C=O) groups is 1. The first-order valence-corrected chi connectivity index (χ1v) is 5.93. The molecule has 5 heteroatoms. The SMILES string of the molecule is CCOC(=O)C(O)C(O)c1ccccc1I. The molecule has 0 aromatic heterocycles. The first-order valence-electron chi connectivity index (χ1n) is 4.85. The summed E-state index contributed by atoms with van der Waals surface area (Å²) in [6, 6.07) is 7.00. The van der Waals surface area contributed by atoms with E-state index in [1.54, 1.807) is 25.1 Å². The Balaban J connectivity index is 2.82. The van der Waals surface area contributed by atoms with Gasteiger partial charge >= 0.3 is 5.97 Å². The van der Waals surface area contributed by atoms with Gasteiger partial charge in [0.1, 0.15) is 6.10 Å². The number of rotatable bonds is 4. The van der Waals surface area contributed by atoms with Gasteiger partial charge in [-0.15, -0.1) is 0 Å². The highest BCUT2D eigenvalue weighted by Gasteiger charge is 2.27. The van der Waals surface area contributed by atoms with Crippen LogP contribution in [0.25, 0.3) is 0 Å². The van der Waals surface area contributed by atoms with Crippen LogP contribution in [0.4, 0.5) is 0 Å². The molecule has 0 bridgehead atoms. The van der Waals surface area contributed by atoms with Crippen LogP contribution in [-0.2, 0) is 9.53 Å². The summed E-state index contributed by atoms with van der Waals surface area (Å²) in [6.45, 7) is 1.82. The Labute approximate surface area is 107 Å². The second kappa shape index (κ2) is 6.17. The predicted octanol–water partition coefficient (Wildman–Crippen LogP) is 1.25. The minimum Gasteiger partial charge on any atom is -0.464 e. The van der Waals surface area contributed by atoms with Crippen LogP contribution in [0.1, 0.15) is 18.6 Å². The number of hydrogen-bond acceptors (Lipinski definition) is 4. The highest BCUT2D eigenvalue weighted by atomic mass is 127. The summed E-state index contributed by atoms with van der Waals surface area (Å²) < 4.78 is 5.42. The lowest BCUT2D eigenvalue weighted by atomic mass is 10.0. The van der Waals surface area contributed by atoms with Crippen LogP contribution < -0.4 is 0 Å². The number of hydrogen-bond donors (Lipinski definition) is 2. The number of aliphatic hydroxyl groups excluding tert-OH is 2. The van der Waals surface area contributed by atoms with Crippen molar-refractivity contribution in [3.8, 4) is 0 Å². The van der Waals surface area contributed by atoms with E-state index in [4.69, 9.17) is 0 Å². The lowest BCUT2D eigenvalue weighted by Gasteiger charge is -2.17. The third kappa shape index (κ3) is 3.16. The third-order valence-electron chi connectivity index (χ3n) is 2.05. The van der Waals surface area contributed by atoms with Crippen molar-refractivity contribution in [1.29, 1.82) is 0 Å². The van der Waals surface area contributed by atoms with Crippen LogP contribution in [0.3, 0.4) is 0 Å². The topological polar surface area (TPSA) is 66.8 Å². The number of halogens is 1. The van der Waals surface area contributed by atoms with Crippen molar-refractivity contribution in [3.05, 3.63) is 33.4 Å². The second-order valence-electron chi connectivity index (χ2n) is 3.16. The minimum absolute atomic E-state index is 0.175. The molecule has 2 atom stereocenters. The standard InChI is InChI=1S/C11H13IO4/c1-2-16-11(15)10(14)9(13)7-5-3-4-6-8(7)12/h3-6,9-10,13-14H,2H2,1H3. The molecule has 16 heavy (non-hydrogen) atoms. The zero-order valence-electron chi connectivity index (χ0n) is 8.76. The molecule has 0 aliphatic carbocycles. The number of benzene rings is 1. The quantitative estimate of drug-likeness (QED) is 0.642. The molecule has 1 aromatic carbocycles. The van der Waals surface area contributed by atoms with Gasteiger partial charge in [-0.05, 0) is 41.1 Å². The van der Waals surface area contributed by atoms with E-state index >= 15 is 0 Å². The van der Waals surface area contributed by atoms with Crippen LogP contribution in [0, 0.1) is 3.57 Å². The van der Waals surface area contributed by atoms with E-state index in [2.05, 4.69) is 4.74 Å². The fourth-order valence-electron chi connectivity index (χ4n) is 1.24. The zero-order chi connectivity index (χ0) is 12.1. The Bertz CT molecular complexity index is 367. The first-order chi connectivity index (χ1) is 7.57. The molecule has 2 unspecified atom stereocenters. The molecule has 0 heterocycles. The van der Waals surface area contributed by atoms with E-state index < -0.39 is 18.2 Å². The third-order valence-corrected chi connectivity index (χ3v) is 3.03. The summed E-state index contributed by atoms with van der Waals surface area (Å²) in [6.07, 6.45) is -2.80. The molecule has 0 amide bonds. The molecule has 4 nitrogen and oxygen atoms in total. The van der Waals surface area contributed by atoms with E-state index in [0.717, 1.165) is 3.57 Å². The number of aliphatic hydroxyl groups is 2. The van der Waals surface area contributed by atoms with Gasteiger partial charge in [-0.1, -0.05) is 18.2 Å². The van der Waals surface area contributed by atoms with Crippen LogP contribution in [0.2, 0.25) is 0 Å². The van der Waals surface area contributed by atoms with Gasteiger partial charge in [0, 0.05) is 3.57 Å². The van der Waals surface area contributed by atoms with Crippen molar-refractivity contribution >= 4 is 28.6 Å². The van der Waals surface area contributed by atoms with Gasteiger partial charge in [0.15, 0.2) is 6.10 Å². The highest BCUT2D eigenvalue weighted by molar-refractivity contribution is 14.1. The normalized spacial score (nSPS) is 14.2. The molecule has 0 fully saturated rings. The van der Waals surface area contributed by atoms with Gasteiger partial charge in [-0.3, -0.25) is 0 Å². The summed E-state index contributed by atoms with van der Waals surface area (Å²) in [7, 11) is 0. The van der Waals surface area contributed by atoms with Crippen LogP contribution in [0.5, 0.6) is 0 Å². The van der Waals surface area contributed by atoms with Gasteiger partial charge in [0.2, 0.25) is 0 Å². The summed E-state index contributed by atoms with van der Waals surface area (Å²) in [4.78, 5) is 11.2. The van der Waals surface area contributed by atoms with E-state index in [0.29, 0.717) is 5.56 Å². The maximum atomic E-state index is 11.2. The number of ether oxygens (including phenoxy) is 1. The summed E-state index contributed by atoms with van der Waals surface area (Å²) in [5.41, 5.74) is 0.517. The predicted molar refractivity (Wildman–Crippen MR) is 66.8 cm³/mol. The van der Waals surface area contributed by atoms with Crippen molar-refractivity contribution in [1.82, 2.24) is 0 Å². The van der Waals surface area contributed by atoms with E-state index in [1.807, 2.05) is 28.7 Å². The molecule has 2 N–H and O–H groups in total. The van der Waals surface area contributed by atoms with Gasteiger partial charge < -0.3 is 14.9 Å². The van der Waals surface area contributed by atoms with Gasteiger partial charge in [0.25, 0.3) is 0 Å². The molecular formula is C11H13IO4. The average Bonchev–Trinajstić information content (AvgIpc) is 2.28. The Kier molecular flexibility index (Phi) is 5.17. The molecule has 0 radical (unpaired) electrons. The number of esters is 1. The fourth-order valence-corrected chi connectivity index (χ4v) is 1.95. The fraction of sp³-hybridized carbons (Fsp3) is 0.364. The molecule has 1 rings (SSSR count). The molecule has 1 aromatic rings. The van der Waals surface area contributed by atoms with Crippen LogP contribution in [-0.4, -0.2) is 28.9 Å². The Morgan fingerprint density at radius 1 is 1.44 bits per heavy atom. The summed E-state index contributed by atoms with van der Waals surface area (Å²) >= 11 is 2.03. The van der Waals surface area contributed by atoms with Crippen molar-refractivity contribution in [3.63, 3.8) is 0 Å². The van der Waals surface area contributed by atoms with Crippen molar-refractivity contribution in [2.75, 3.05) is 6.61 Å². The van der Waals surface area contributed by atoms with Crippen molar-refractivity contribution < 1.29 is 19.7 Å². The average molecular weight is 336 g/mol. The maximum absolute atomic E-state index is 11.2. The lowest BCUT2D eigenvalue weighted by Crippen LogP contribution is -2.30. The molecular weight excluding hydrogens is 323 g/mol. The largest absolute Gasteiger partial charge is 0.464 e. The number of carbonyl (C=O) groups excluding carboxylic acids is 1. The molecule has 0 saturated carbocycles. The van der Waals surface area contributed by atoms with E-state index in [-0.39, 0.29) is 6.61 Å². The second-order valence-corrected chi connectivity index (χ2v) is 4.33. The minimum atomic E-state index is -1.55. The molecule has 88 valence electrons. The van der Waals surface area contributed by atoms with Crippen molar-refractivity contribution in [2.45, 2.75) is 19.1 Å². The summed E-state index contributed by atoms with van der Waals surface area (Å²) in [5, 5.41) is 19.4. The highest BCUT2D eigenvalue weighted by Crippen LogP contribution is 2.23. The monoisotopic (exact) mass is 336 g/mol. The molecule has 0 aliphatic heterocycles. The van der Waals surface area contributed by atoms with Gasteiger partial charge in [-0.2, -0.15) is 0 Å². The Morgan fingerprint density at radius 2 is 2.06 bits per heavy atom. The van der Waals surface area contributed by atoms with Gasteiger partial charge in [-0.25, -0.2) is 4.79 Å². The van der Waals surface area contributed by atoms with Gasteiger partial charge in [0.05, 0.1) is 6.61 Å². The Morgan fingerprint density at radius 3 is 2.62 bits per heavy atom. The molecule has 0 saturated heterocycles. The van der Waals surface area contributed by atoms with Crippen LogP contribution >= 0.6 is 22.6 Å². The Hall–Kier alpha value is -0.660. The lowest BCUT2D eigenvalue weighted by molar-refractivity contribution is -0.159. The molecule has 0 spiro atoms. The smallest absolute Gasteiger partial charge is 0.338 e. The van der Waals surface area contributed by atoms with Crippen LogP contribution in [0.15, 0.2) is 24.3 Å². The van der Waals surface area contributed by atoms with E-state index in [9.17, 15) is 15.0 Å². The molecule has 0 aliphatic rings. The summed E-state index contributed by atoms with van der Waals surface area (Å²) in [5.74, 6) is -0.811. The zero-order valence-corrected chi connectivity index (χ0v) is 10.9.